The van der Waals surface area contributed by atoms with Gasteiger partial charge in [0.1, 0.15) is 0 Å². The van der Waals surface area contributed by atoms with Crippen molar-refractivity contribution in [2.75, 3.05) is 12.4 Å². The maximum atomic E-state index is 12.4. The summed E-state index contributed by atoms with van der Waals surface area (Å²) < 4.78 is 4.94. The number of hydrogen-bond donors (Lipinski definition) is 2. The van der Waals surface area contributed by atoms with E-state index in [9.17, 15) is 19.7 Å². The third kappa shape index (κ3) is 4.95. The van der Waals surface area contributed by atoms with Crippen molar-refractivity contribution in [3.63, 3.8) is 0 Å². The standard InChI is InChI=1S/C18H16N4O5S2/c1-10(23)19-8-12-4-6-16(29-12)13-9-28-18(20-13)21-17(24)11-3-5-15(27-2)14(7-11)22(25)26/h3-7,9H,8H2,1-2H3,(H,19,23)(H,20,21,24). The van der Waals surface area contributed by atoms with Crippen LogP contribution in [0.5, 0.6) is 5.75 Å². The molecule has 0 fully saturated rings. The molecule has 0 aliphatic heterocycles. The monoisotopic (exact) mass is 432 g/mol. The molecule has 3 aromatic rings. The van der Waals surface area contributed by atoms with Crippen molar-refractivity contribution in [1.29, 1.82) is 0 Å². The van der Waals surface area contributed by atoms with Crippen LogP contribution < -0.4 is 15.4 Å². The van der Waals surface area contributed by atoms with Crippen LogP contribution in [0.1, 0.15) is 22.2 Å². The van der Waals surface area contributed by atoms with Crippen LogP contribution in [0, 0.1) is 10.1 Å². The Kier molecular flexibility index (Phi) is 6.20. The molecule has 0 unspecified atom stereocenters. The highest BCUT2D eigenvalue weighted by molar-refractivity contribution is 7.17. The molecule has 0 spiro atoms. The van der Waals surface area contributed by atoms with Gasteiger partial charge in [0.15, 0.2) is 10.9 Å². The smallest absolute Gasteiger partial charge is 0.311 e. The first kappa shape index (κ1) is 20.4. The van der Waals surface area contributed by atoms with E-state index < -0.39 is 10.8 Å². The molecule has 0 atom stereocenters. The van der Waals surface area contributed by atoms with E-state index in [1.807, 2.05) is 12.1 Å². The second-order valence-corrected chi connectivity index (χ2v) is 7.84. The third-order valence-electron chi connectivity index (χ3n) is 3.79. The molecule has 0 saturated carbocycles. The quantitative estimate of drug-likeness (QED) is 0.434. The van der Waals surface area contributed by atoms with E-state index in [0.29, 0.717) is 17.4 Å². The molecular weight excluding hydrogens is 416 g/mol. The maximum Gasteiger partial charge on any atom is 0.311 e. The Labute approximate surface area is 173 Å². The van der Waals surface area contributed by atoms with E-state index in [2.05, 4.69) is 15.6 Å². The van der Waals surface area contributed by atoms with Crippen LogP contribution in [-0.4, -0.2) is 28.8 Å². The zero-order valence-corrected chi connectivity index (χ0v) is 17.1. The number of benzene rings is 1. The maximum absolute atomic E-state index is 12.4. The van der Waals surface area contributed by atoms with Gasteiger partial charge in [-0.05, 0) is 24.3 Å². The SMILES string of the molecule is COc1ccc(C(=O)Nc2nc(-c3ccc(CNC(C)=O)s3)cs2)cc1[N+](=O)[O-]. The summed E-state index contributed by atoms with van der Waals surface area (Å²) in [5, 5.41) is 18.7. The molecule has 0 bridgehead atoms. The van der Waals surface area contributed by atoms with E-state index in [-0.39, 0.29) is 22.9 Å². The van der Waals surface area contributed by atoms with Crippen molar-refractivity contribution in [1.82, 2.24) is 10.3 Å². The van der Waals surface area contributed by atoms with Crippen LogP contribution in [0.4, 0.5) is 10.8 Å². The van der Waals surface area contributed by atoms with Crippen LogP contribution in [-0.2, 0) is 11.3 Å². The Morgan fingerprint density at radius 2 is 2.07 bits per heavy atom. The topological polar surface area (TPSA) is 123 Å². The lowest BCUT2D eigenvalue weighted by Gasteiger charge is -2.05. The molecule has 0 aliphatic rings. The van der Waals surface area contributed by atoms with Gasteiger partial charge >= 0.3 is 5.69 Å². The van der Waals surface area contributed by atoms with E-state index in [1.54, 1.807) is 5.38 Å². The molecule has 2 heterocycles. The van der Waals surface area contributed by atoms with Gasteiger partial charge in [-0.25, -0.2) is 4.98 Å². The summed E-state index contributed by atoms with van der Waals surface area (Å²) in [6, 6.07) is 7.79. The van der Waals surface area contributed by atoms with Crippen molar-refractivity contribution in [3.8, 4) is 16.3 Å². The van der Waals surface area contributed by atoms with E-state index in [4.69, 9.17) is 4.74 Å². The fourth-order valence-electron chi connectivity index (χ4n) is 2.41. The number of rotatable bonds is 7. The van der Waals surface area contributed by atoms with Gasteiger partial charge in [-0.2, -0.15) is 0 Å². The normalized spacial score (nSPS) is 10.4. The summed E-state index contributed by atoms with van der Waals surface area (Å²) in [6.45, 7) is 1.91. The number of thiophene rings is 1. The second kappa shape index (κ2) is 8.80. The molecule has 0 radical (unpaired) electrons. The van der Waals surface area contributed by atoms with Crippen molar-refractivity contribution in [2.45, 2.75) is 13.5 Å². The van der Waals surface area contributed by atoms with Gasteiger partial charge in [0, 0.05) is 28.8 Å². The highest BCUT2D eigenvalue weighted by Crippen LogP contribution is 2.32. The number of nitro benzene ring substituents is 1. The van der Waals surface area contributed by atoms with E-state index in [0.717, 1.165) is 15.8 Å². The summed E-state index contributed by atoms with van der Waals surface area (Å²) in [4.78, 5) is 40.3. The number of methoxy groups -OCH3 is 1. The van der Waals surface area contributed by atoms with Gasteiger partial charge in [-0.15, -0.1) is 22.7 Å². The molecule has 0 saturated heterocycles. The average molecular weight is 432 g/mol. The first-order valence-corrected chi connectivity index (χ1v) is 10.00. The van der Waals surface area contributed by atoms with Crippen LogP contribution in [0.25, 0.3) is 10.6 Å². The molecule has 9 nitrogen and oxygen atoms in total. The number of nitrogens with one attached hydrogen (secondary N) is 2. The van der Waals surface area contributed by atoms with Gasteiger partial charge < -0.3 is 10.1 Å². The summed E-state index contributed by atoms with van der Waals surface area (Å²) in [5.74, 6) is -0.526. The lowest BCUT2D eigenvalue weighted by atomic mass is 10.2. The number of anilines is 1. The Balaban J connectivity index is 1.72. The van der Waals surface area contributed by atoms with Gasteiger partial charge in [-0.1, -0.05) is 0 Å². The number of hydrogen-bond acceptors (Lipinski definition) is 8. The van der Waals surface area contributed by atoms with E-state index >= 15 is 0 Å². The van der Waals surface area contributed by atoms with Crippen molar-refractivity contribution in [2.24, 2.45) is 0 Å². The molecule has 11 heteroatoms. The van der Waals surface area contributed by atoms with Crippen molar-refractivity contribution in [3.05, 3.63) is 56.3 Å². The summed E-state index contributed by atoms with van der Waals surface area (Å²) in [6.07, 6.45) is 0. The molecular formula is C18H16N4O5S2. The molecule has 29 heavy (non-hydrogen) atoms. The predicted octanol–water partition coefficient (Wildman–Crippen LogP) is 3.68. The van der Waals surface area contributed by atoms with Crippen LogP contribution in [0.15, 0.2) is 35.7 Å². The van der Waals surface area contributed by atoms with Crippen molar-refractivity contribution >= 4 is 45.3 Å². The number of nitrogens with zero attached hydrogens (tertiary/aromatic N) is 2. The highest BCUT2D eigenvalue weighted by atomic mass is 32.1. The molecule has 2 aromatic heterocycles. The third-order valence-corrected chi connectivity index (χ3v) is 5.65. The number of carbonyl (C=O) groups is 2. The number of amides is 2. The zero-order valence-electron chi connectivity index (χ0n) is 15.4. The largest absolute Gasteiger partial charge is 0.490 e. The Hall–Kier alpha value is -3.31. The molecule has 150 valence electrons. The van der Waals surface area contributed by atoms with Crippen LogP contribution >= 0.6 is 22.7 Å². The first-order valence-electron chi connectivity index (χ1n) is 8.30. The van der Waals surface area contributed by atoms with Crippen LogP contribution in [0.3, 0.4) is 0 Å². The molecule has 1 aromatic carbocycles. The minimum absolute atomic E-state index is 0.0795. The zero-order chi connectivity index (χ0) is 21.0. The van der Waals surface area contributed by atoms with Gasteiger partial charge in [0.25, 0.3) is 5.91 Å². The summed E-state index contributed by atoms with van der Waals surface area (Å²) in [7, 11) is 1.32. The van der Waals surface area contributed by atoms with Crippen LogP contribution in [0.2, 0.25) is 0 Å². The average Bonchev–Trinajstić information content (AvgIpc) is 3.35. The van der Waals surface area contributed by atoms with Gasteiger partial charge in [-0.3, -0.25) is 25.0 Å². The van der Waals surface area contributed by atoms with Gasteiger partial charge in [0.2, 0.25) is 5.91 Å². The minimum Gasteiger partial charge on any atom is -0.490 e. The van der Waals surface area contributed by atoms with Gasteiger partial charge in [0.05, 0.1) is 29.1 Å². The summed E-state index contributed by atoms with van der Waals surface area (Å²) in [5.41, 5.74) is 0.540. The molecule has 0 aliphatic carbocycles. The Morgan fingerprint density at radius 1 is 1.28 bits per heavy atom. The molecule has 2 amide bonds. The number of carbonyl (C=O) groups excluding carboxylic acids is 2. The Morgan fingerprint density at radius 3 is 2.76 bits per heavy atom. The number of aromatic nitrogens is 1. The second-order valence-electron chi connectivity index (χ2n) is 5.81. The number of nitro groups is 1. The van der Waals surface area contributed by atoms with E-state index in [1.165, 1.54) is 48.8 Å². The fraction of sp³-hybridized carbons (Fsp3) is 0.167. The first-order chi connectivity index (χ1) is 13.9. The number of thiazole rings is 1. The highest BCUT2D eigenvalue weighted by Gasteiger charge is 2.19. The number of ether oxygens (including phenoxy) is 1. The molecule has 2 N–H and O–H groups in total. The van der Waals surface area contributed by atoms with Crippen molar-refractivity contribution < 1.29 is 19.2 Å². The Bertz CT molecular complexity index is 1080. The minimum atomic E-state index is -0.605. The molecule has 3 rings (SSSR count). The lowest BCUT2D eigenvalue weighted by Crippen LogP contribution is -2.17. The summed E-state index contributed by atoms with van der Waals surface area (Å²) >= 11 is 2.74. The fourth-order valence-corrected chi connectivity index (χ4v) is 4.10. The predicted molar refractivity (Wildman–Crippen MR) is 111 cm³/mol. The lowest BCUT2D eigenvalue weighted by molar-refractivity contribution is -0.385.